The number of hydrogen-bond donors (Lipinski definition) is 2. The molecule has 2 aliphatic rings. The van der Waals surface area contributed by atoms with Crippen molar-refractivity contribution in [2.24, 2.45) is 0 Å². The van der Waals surface area contributed by atoms with E-state index in [1.54, 1.807) is 4.90 Å². The maximum absolute atomic E-state index is 12.5. The molecule has 108 valence electrons. The van der Waals surface area contributed by atoms with Crippen molar-refractivity contribution < 1.29 is 14.3 Å². The number of nitrogens with zero attached hydrogens (tertiary/aromatic N) is 2. The molecule has 1 aromatic rings. The first-order chi connectivity index (χ1) is 9.56. The molecule has 0 radical (unpaired) electrons. The molecule has 2 atom stereocenters. The topological polar surface area (TPSA) is 87.3 Å². The van der Waals surface area contributed by atoms with E-state index >= 15 is 0 Å². The van der Waals surface area contributed by atoms with Crippen LogP contribution in [0.25, 0.3) is 0 Å². The Hall–Kier alpha value is -1.89. The molecule has 1 fully saturated rings. The second-order valence-electron chi connectivity index (χ2n) is 5.33. The van der Waals surface area contributed by atoms with Gasteiger partial charge in [0.1, 0.15) is 0 Å². The van der Waals surface area contributed by atoms with Crippen molar-refractivity contribution in [1.82, 2.24) is 20.4 Å². The van der Waals surface area contributed by atoms with Crippen LogP contribution in [-0.2, 0) is 16.0 Å². The van der Waals surface area contributed by atoms with Crippen LogP contribution < -0.4 is 5.32 Å². The summed E-state index contributed by atoms with van der Waals surface area (Å²) in [6.45, 7) is 5.04. The van der Waals surface area contributed by atoms with Gasteiger partial charge in [0.05, 0.1) is 24.4 Å². The number of piperazine rings is 1. The molecule has 0 bridgehead atoms. The maximum Gasteiger partial charge on any atom is 0.275 e. The lowest BCUT2D eigenvalue weighted by atomic mass is 9.99. The van der Waals surface area contributed by atoms with Crippen molar-refractivity contribution in [3.8, 4) is 0 Å². The number of hydrogen-bond acceptors (Lipinski definition) is 4. The SMILES string of the molecule is C[C@@H]1Cc2c(C(=O)N3CCNC(=O)C3)n[nH]c2[C@H](C)O1. The van der Waals surface area contributed by atoms with Crippen molar-refractivity contribution >= 4 is 11.8 Å². The van der Waals surface area contributed by atoms with Crippen LogP contribution in [-0.4, -0.2) is 52.6 Å². The molecule has 7 nitrogen and oxygen atoms in total. The van der Waals surface area contributed by atoms with Crippen LogP contribution in [0.1, 0.15) is 41.7 Å². The first kappa shape index (κ1) is 13.1. The number of carbonyl (C=O) groups is 2. The van der Waals surface area contributed by atoms with Crippen LogP contribution in [0.5, 0.6) is 0 Å². The Kier molecular flexibility index (Phi) is 3.21. The molecule has 3 rings (SSSR count). The number of ether oxygens (including phenoxy) is 1. The van der Waals surface area contributed by atoms with E-state index in [0.29, 0.717) is 25.2 Å². The van der Waals surface area contributed by atoms with E-state index in [0.717, 1.165) is 11.3 Å². The third kappa shape index (κ3) is 2.18. The minimum Gasteiger partial charge on any atom is -0.369 e. The number of aromatic amines is 1. The van der Waals surface area contributed by atoms with Crippen LogP contribution in [0, 0.1) is 0 Å². The Morgan fingerprint density at radius 2 is 2.25 bits per heavy atom. The maximum atomic E-state index is 12.5. The fourth-order valence-electron chi connectivity index (χ4n) is 2.81. The number of H-pyrrole nitrogens is 1. The van der Waals surface area contributed by atoms with E-state index in [9.17, 15) is 9.59 Å². The van der Waals surface area contributed by atoms with E-state index in [-0.39, 0.29) is 30.6 Å². The molecule has 0 aromatic carbocycles. The van der Waals surface area contributed by atoms with E-state index in [2.05, 4.69) is 15.5 Å². The molecule has 0 saturated carbocycles. The number of nitrogens with one attached hydrogen (secondary N) is 2. The zero-order valence-corrected chi connectivity index (χ0v) is 11.6. The van der Waals surface area contributed by atoms with Gasteiger partial charge < -0.3 is 15.0 Å². The molecule has 2 aliphatic heterocycles. The highest BCUT2D eigenvalue weighted by molar-refractivity contribution is 5.97. The highest BCUT2D eigenvalue weighted by Crippen LogP contribution is 2.30. The summed E-state index contributed by atoms with van der Waals surface area (Å²) in [5.41, 5.74) is 2.22. The predicted octanol–water partition coefficient (Wildman–Crippen LogP) is 0.00390. The van der Waals surface area contributed by atoms with Crippen molar-refractivity contribution in [1.29, 1.82) is 0 Å². The number of fused-ring (bicyclic) bond motifs is 1. The van der Waals surface area contributed by atoms with Gasteiger partial charge in [-0.1, -0.05) is 0 Å². The van der Waals surface area contributed by atoms with Crippen molar-refractivity contribution in [2.45, 2.75) is 32.5 Å². The minimum atomic E-state index is -0.182. The van der Waals surface area contributed by atoms with Crippen LogP contribution in [0.15, 0.2) is 0 Å². The van der Waals surface area contributed by atoms with Gasteiger partial charge in [0.25, 0.3) is 5.91 Å². The van der Waals surface area contributed by atoms with Gasteiger partial charge in [-0.05, 0) is 13.8 Å². The zero-order chi connectivity index (χ0) is 14.3. The molecular formula is C13H18N4O3. The average Bonchev–Trinajstić information content (AvgIpc) is 2.81. The van der Waals surface area contributed by atoms with Gasteiger partial charge in [-0.15, -0.1) is 0 Å². The van der Waals surface area contributed by atoms with Crippen molar-refractivity contribution in [2.75, 3.05) is 19.6 Å². The van der Waals surface area contributed by atoms with Gasteiger partial charge in [0, 0.05) is 25.1 Å². The molecule has 1 saturated heterocycles. The minimum absolute atomic E-state index is 0.0614. The lowest BCUT2D eigenvalue weighted by molar-refractivity contribution is -0.123. The number of carbonyl (C=O) groups excluding carboxylic acids is 2. The van der Waals surface area contributed by atoms with Crippen LogP contribution in [0.3, 0.4) is 0 Å². The zero-order valence-electron chi connectivity index (χ0n) is 11.6. The molecular weight excluding hydrogens is 260 g/mol. The van der Waals surface area contributed by atoms with Gasteiger partial charge in [-0.25, -0.2) is 0 Å². The normalized spacial score (nSPS) is 26.1. The summed E-state index contributed by atoms with van der Waals surface area (Å²) in [5, 5.41) is 9.77. The molecule has 20 heavy (non-hydrogen) atoms. The lowest BCUT2D eigenvalue weighted by Crippen LogP contribution is -2.50. The van der Waals surface area contributed by atoms with Gasteiger partial charge in [-0.2, -0.15) is 5.10 Å². The monoisotopic (exact) mass is 278 g/mol. The Bertz CT molecular complexity index is 554. The smallest absolute Gasteiger partial charge is 0.275 e. The molecule has 7 heteroatoms. The second kappa shape index (κ2) is 4.90. The quantitative estimate of drug-likeness (QED) is 0.757. The molecule has 2 amide bonds. The largest absolute Gasteiger partial charge is 0.369 e. The second-order valence-corrected chi connectivity index (χ2v) is 5.33. The fourth-order valence-corrected chi connectivity index (χ4v) is 2.81. The summed E-state index contributed by atoms with van der Waals surface area (Å²) >= 11 is 0. The van der Waals surface area contributed by atoms with Gasteiger partial charge in [-0.3, -0.25) is 14.7 Å². The van der Waals surface area contributed by atoms with Gasteiger partial charge in [0.2, 0.25) is 5.91 Å². The predicted molar refractivity (Wildman–Crippen MR) is 70.2 cm³/mol. The van der Waals surface area contributed by atoms with E-state index < -0.39 is 0 Å². The van der Waals surface area contributed by atoms with Gasteiger partial charge >= 0.3 is 0 Å². The highest BCUT2D eigenvalue weighted by atomic mass is 16.5. The summed E-state index contributed by atoms with van der Waals surface area (Å²) in [7, 11) is 0. The van der Waals surface area contributed by atoms with Crippen LogP contribution >= 0.6 is 0 Å². The fraction of sp³-hybridized carbons (Fsp3) is 0.615. The molecule has 2 N–H and O–H groups in total. The van der Waals surface area contributed by atoms with Crippen LogP contribution in [0.2, 0.25) is 0 Å². The molecule has 0 spiro atoms. The first-order valence-electron chi connectivity index (χ1n) is 6.85. The molecule has 0 unspecified atom stereocenters. The number of aromatic nitrogens is 2. The number of rotatable bonds is 1. The van der Waals surface area contributed by atoms with E-state index in [1.165, 1.54) is 0 Å². The Morgan fingerprint density at radius 3 is 3.00 bits per heavy atom. The summed E-state index contributed by atoms with van der Waals surface area (Å²) < 4.78 is 5.71. The van der Waals surface area contributed by atoms with E-state index in [1.807, 2.05) is 13.8 Å². The average molecular weight is 278 g/mol. The molecule has 1 aromatic heterocycles. The Labute approximate surface area is 116 Å². The van der Waals surface area contributed by atoms with E-state index in [4.69, 9.17) is 4.74 Å². The highest BCUT2D eigenvalue weighted by Gasteiger charge is 2.32. The molecule has 3 heterocycles. The Morgan fingerprint density at radius 1 is 1.45 bits per heavy atom. The first-order valence-corrected chi connectivity index (χ1v) is 6.85. The summed E-state index contributed by atoms with van der Waals surface area (Å²) in [6.07, 6.45) is 0.635. The summed E-state index contributed by atoms with van der Waals surface area (Å²) in [6, 6.07) is 0. The van der Waals surface area contributed by atoms with Crippen LogP contribution in [0.4, 0.5) is 0 Å². The third-order valence-electron chi connectivity index (χ3n) is 3.76. The number of amides is 2. The third-order valence-corrected chi connectivity index (χ3v) is 3.76. The summed E-state index contributed by atoms with van der Waals surface area (Å²) in [5.74, 6) is -0.308. The molecule has 0 aliphatic carbocycles. The van der Waals surface area contributed by atoms with Gasteiger partial charge in [0.15, 0.2) is 5.69 Å². The van der Waals surface area contributed by atoms with Crippen molar-refractivity contribution in [3.63, 3.8) is 0 Å². The van der Waals surface area contributed by atoms with Crippen molar-refractivity contribution in [3.05, 3.63) is 17.0 Å². The lowest BCUT2D eigenvalue weighted by Gasteiger charge is -2.28. The Balaban J connectivity index is 1.87. The summed E-state index contributed by atoms with van der Waals surface area (Å²) in [4.78, 5) is 25.4. The standard InChI is InChI=1S/C13H18N4O3/c1-7-5-9-11(8(2)20-7)15-16-12(9)13(19)17-4-3-14-10(18)6-17/h7-8H,3-6H2,1-2H3,(H,14,18)(H,15,16)/t7-,8+/m1/s1.